The summed E-state index contributed by atoms with van der Waals surface area (Å²) < 4.78 is 0.989. The van der Waals surface area contributed by atoms with Gasteiger partial charge in [-0.05, 0) is 64.6 Å². The minimum absolute atomic E-state index is 0.191. The van der Waals surface area contributed by atoms with E-state index in [4.69, 9.17) is 23.2 Å². The summed E-state index contributed by atoms with van der Waals surface area (Å²) in [6.07, 6.45) is 5.61. The van der Waals surface area contributed by atoms with Gasteiger partial charge in [-0.1, -0.05) is 36.2 Å². The van der Waals surface area contributed by atoms with Gasteiger partial charge in [0.25, 0.3) is 0 Å². The molecule has 0 radical (unpaired) electrons. The van der Waals surface area contributed by atoms with Crippen molar-refractivity contribution >= 4 is 39.1 Å². The van der Waals surface area contributed by atoms with Gasteiger partial charge in [0, 0.05) is 22.9 Å². The second-order valence-electron chi connectivity index (χ2n) is 4.90. The molecule has 21 heavy (non-hydrogen) atoms. The number of pyridine rings is 1. The van der Waals surface area contributed by atoms with E-state index in [2.05, 4.69) is 39.2 Å². The Kier molecular flexibility index (Phi) is 6.49. The summed E-state index contributed by atoms with van der Waals surface area (Å²) in [7, 11) is 0. The van der Waals surface area contributed by atoms with Crippen molar-refractivity contribution < 1.29 is 0 Å². The van der Waals surface area contributed by atoms with Crippen LogP contribution >= 0.6 is 39.1 Å². The number of nitrogens with zero attached hydrogens (tertiary/aromatic N) is 1. The van der Waals surface area contributed by atoms with Gasteiger partial charge in [0.05, 0.1) is 10.0 Å². The van der Waals surface area contributed by atoms with E-state index in [-0.39, 0.29) is 6.04 Å². The lowest BCUT2D eigenvalue weighted by Crippen LogP contribution is -2.24. The van der Waals surface area contributed by atoms with E-state index in [0.29, 0.717) is 10.0 Å². The third-order valence-electron chi connectivity index (χ3n) is 3.19. The van der Waals surface area contributed by atoms with Crippen LogP contribution in [-0.4, -0.2) is 11.5 Å². The zero-order valence-corrected chi connectivity index (χ0v) is 14.8. The molecule has 2 nitrogen and oxygen atoms in total. The van der Waals surface area contributed by atoms with Crippen LogP contribution in [0.15, 0.2) is 41.1 Å². The third-order valence-corrected chi connectivity index (χ3v) is 4.36. The van der Waals surface area contributed by atoms with Gasteiger partial charge in [-0.25, -0.2) is 0 Å². The second-order valence-corrected chi connectivity index (χ2v) is 6.63. The van der Waals surface area contributed by atoms with Gasteiger partial charge in [-0.15, -0.1) is 0 Å². The van der Waals surface area contributed by atoms with E-state index >= 15 is 0 Å². The van der Waals surface area contributed by atoms with E-state index in [1.165, 1.54) is 5.56 Å². The molecule has 2 aromatic rings. The van der Waals surface area contributed by atoms with Crippen molar-refractivity contribution in [2.45, 2.75) is 25.8 Å². The third kappa shape index (κ3) is 4.96. The van der Waals surface area contributed by atoms with Crippen molar-refractivity contribution in [3.8, 4) is 0 Å². The molecule has 0 bridgehead atoms. The number of hydrogen-bond acceptors (Lipinski definition) is 2. The molecule has 5 heteroatoms. The predicted molar refractivity (Wildman–Crippen MR) is 93.1 cm³/mol. The van der Waals surface area contributed by atoms with Crippen molar-refractivity contribution in [2.75, 3.05) is 6.54 Å². The first-order valence-corrected chi connectivity index (χ1v) is 8.42. The van der Waals surface area contributed by atoms with Gasteiger partial charge in [-0.3, -0.25) is 4.98 Å². The lowest BCUT2D eigenvalue weighted by Gasteiger charge is -2.19. The quantitative estimate of drug-likeness (QED) is 0.714. The van der Waals surface area contributed by atoms with E-state index in [1.807, 2.05) is 24.4 Å². The number of aromatic nitrogens is 1. The van der Waals surface area contributed by atoms with Crippen LogP contribution in [0.4, 0.5) is 0 Å². The van der Waals surface area contributed by atoms with Crippen molar-refractivity contribution in [3.05, 3.63) is 62.3 Å². The normalized spacial score (nSPS) is 12.4. The fraction of sp³-hybridized carbons (Fsp3) is 0.312. The lowest BCUT2D eigenvalue weighted by atomic mass is 9.99. The van der Waals surface area contributed by atoms with Gasteiger partial charge < -0.3 is 5.32 Å². The van der Waals surface area contributed by atoms with Crippen LogP contribution in [0.25, 0.3) is 0 Å². The van der Waals surface area contributed by atoms with Gasteiger partial charge in [-0.2, -0.15) is 0 Å². The molecule has 0 saturated carbocycles. The maximum absolute atomic E-state index is 6.14. The Morgan fingerprint density at radius 3 is 2.67 bits per heavy atom. The molecule has 0 amide bonds. The minimum atomic E-state index is 0.191. The van der Waals surface area contributed by atoms with Gasteiger partial charge in [0.2, 0.25) is 0 Å². The molecule has 112 valence electrons. The number of nitrogens with one attached hydrogen (secondary N) is 1. The average molecular weight is 388 g/mol. The monoisotopic (exact) mass is 386 g/mol. The summed E-state index contributed by atoms with van der Waals surface area (Å²) in [5.41, 5.74) is 2.31. The molecule has 2 rings (SSSR count). The van der Waals surface area contributed by atoms with Gasteiger partial charge in [0.1, 0.15) is 0 Å². The molecule has 1 atom stereocenters. The van der Waals surface area contributed by atoms with Crippen molar-refractivity contribution in [3.63, 3.8) is 0 Å². The van der Waals surface area contributed by atoms with Crippen LogP contribution < -0.4 is 5.32 Å². The molecule has 0 aliphatic rings. The van der Waals surface area contributed by atoms with E-state index in [9.17, 15) is 0 Å². The van der Waals surface area contributed by atoms with Crippen molar-refractivity contribution in [1.82, 2.24) is 10.3 Å². The molecule has 0 spiro atoms. The molecule has 0 saturated heterocycles. The molecule has 0 fully saturated rings. The summed E-state index contributed by atoms with van der Waals surface area (Å²) in [6.45, 7) is 3.10. The smallest absolute Gasteiger partial charge is 0.0595 e. The van der Waals surface area contributed by atoms with Crippen molar-refractivity contribution in [1.29, 1.82) is 0 Å². The van der Waals surface area contributed by atoms with Crippen LogP contribution in [-0.2, 0) is 6.42 Å². The summed E-state index contributed by atoms with van der Waals surface area (Å²) >= 11 is 15.6. The predicted octanol–water partition coefficient (Wildman–Crippen LogP) is 5.43. The maximum atomic E-state index is 6.14. The summed E-state index contributed by atoms with van der Waals surface area (Å²) in [6, 6.07) is 8.08. The van der Waals surface area contributed by atoms with Crippen LogP contribution in [0.5, 0.6) is 0 Å². The SMILES string of the molecule is CCCNC(Cc1cncc(Br)c1)c1ccc(Cl)c(Cl)c1. The Labute approximate surface area is 144 Å². The van der Waals surface area contributed by atoms with Crippen LogP contribution in [0.2, 0.25) is 10.0 Å². The molecule has 1 aromatic heterocycles. The number of rotatable bonds is 6. The lowest BCUT2D eigenvalue weighted by molar-refractivity contribution is 0.528. The Morgan fingerprint density at radius 2 is 2.00 bits per heavy atom. The van der Waals surface area contributed by atoms with Crippen LogP contribution in [0.1, 0.15) is 30.5 Å². The minimum Gasteiger partial charge on any atom is -0.310 e. The Hall–Kier alpha value is -0.610. The van der Waals surface area contributed by atoms with Gasteiger partial charge in [0.15, 0.2) is 0 Å². The molecule has 0 aliphatic carbocycles. The molecule has 1 N–H and O–H groups in total. The first kappa shape index (κ1) is 16.8. The first-order chi connectivity index (χ1) is 10.1. The second kappa shape index (κ2) is 8.14. The van der Waals surface area contributed by atoms with E-state index in [1.54, 1.807) is 6.20 Å². The molecule has 1 unspecified atom stereocenters. The zero-order chi connectivity index (χ0) is 15.2. The molecular weight excluding hydrogens is 371 g/mol. The highest BCUT2D eigenvalue weighted by atomic mass is 79.9. The molecule has 0 aliphatic heterocycles. The maximum Gasteiger partial charge on any atom is 0.0595 e. The Balaban J connectivity index is 2.22. The fourth-order valence-electron chi connectivity index (χ4n) is 2.16. The highest BCUT2D eigenvalue weighted by Gasteiger charge is 2.13. The molecule has 1 aromatic carbocycles. The summed E-state index contributed by atoms with van der Waals surface area (Å²) in [4.78, 5) is 4.22. The zero-order valence-electron chi connectivity index (χ0n) is 11.7. The largest absolute Gasteiger partial charge is 0.310 e. The van der Waals surface area contributed by atoms with Crippen molar-refractivity contribution in [2.24, 2.45) is 0 Å². The standard InChI is InChI=1S/C16H17BrCl2N2/c1-2-5-21-16(7-11-6-13(17)10-20-9-11)12-3-4-14(18)15(19)8-12/h3-4,6,8-10,16,21H,2,5,7H2,1H3. The summed E-state index contributed by atoms with van der Waals surface area (Å²) in [5, 5.41) is 4.73. The fourth-order valence-corrected chi connectivity index (χ4v) is 2.88. The highest BCUT2D eigenvalue weighted by Crippen LogP contribution is 2.27. The average Bonchev–Trinajstić information content (AvgIpc) is 2.46. The number of hydrogen-bond donors (Lipinski definition) is 1. The first-order valence-electron chi connectivity index (χ1n) is 6.88. The van der Waals surface area contributed by atoms with E-state index < -0.39 is 0 Å². The van der Waals surface area contributed by atoms with Crippen LogP contribution in [0.3, 0.4) is 0 Å². The topological polar surface area (TPSA) is 24.9 Å². The Bertz CT molecular complexity index is 605. The highest BCUT2D eigenvalue weighted by molar-refractivity contribution is 9.10. The van der Waals surface area contributed by atoms with E-state index in [0.717, 1.165) is 29.4 Å². The van der Waals surface area contributed by atoms with Gasteiger partial charge >= 0.3 is 0 Å². The van der Waals surface area contributed by atoms with Crippen LogP contribution in [0, 0.1) is 0 Å². The number of halogens is 3. The molecule has 1 heterocycles. The Morgan fingerprint density at radius 1 is 1.19 bits per heavy atom. The number of benzene rings is 1. The summed E-state index contributed by atoms with van der Waals surface area (Å²) in [5.74, 6) is 0. The molecular formula is C16H17BrCl2N2.